The van der Waals surface area contributed by atoms with E-state index in [4.69, 9.17) is 9.47 Å². The molecule has 8 heteroatoms. The molecule has 150 valence electrons. The van der Waals surface area contributed by atoms with Gasteiger partial charge in [0.05, 0.1) is 42.8 Å². The summed E-state index contributed by atoms with van der Waals surface area (Å²) in [7, 11) is 1.32. The Labute approximate surface area is 175 Å². The van der Waals surface area contributed by atoms with Crippen LogP contribution in [0.15, 0.2) is 51.7 Å². The summed E-state index contributed by atoms with van der Waals surface area (Å²) in [6.45, 7) is 2.54. The average Bonchev–Trinajstić information content (AvgIpc) is 2.73. The third-order valence-electron chi connectivity index (χ3n) is 4.94. The zero-order valence-corrected chi connectivity index (χ0v) is 17.4. The predicted octanol–water partition coefficient (Wildman–Crippen LogP) is 3.05. The maximum atomic E-state index is 12.5. The summed E-state index contributed by atoms with van der Waals surface area (Å²) in [5.41, 5.74) is 1.73. The van der Waals surface area contributed by atoms with Crippen molar-refractivity contribution >= 4 is 32.8 Å². The second-order valence-corrected chi connectivity index (χ2v) is 7.80. The molecular weight excluding hydrogens is 438 g/mol. The van der Waals surface area contributed by atoms with Crippen molar-refractivity contribution in [3.63, 3.8) is 0 Å². The molecule has 1 aliphatic rings. The van der Waals surface area contributed by atoms with E-state index in [0.29, 0.717) is 42.0 Å². The smallest absolute Gasteiger partial charge is 0.337 e. The van der Waals surface area contributed by atoms with Crippen LogP contribution in [0, 0.1) is 0 Å². The summed E-state index contributed by atoms with van der Waals surface area (Å²) in [4.78, 5) is 33.8. The van der Waals surface area contributed by atoms with E-state index in [9.17, 15) is 9.59 Å². The Morgan fingerprint density at radius 2 is 2.10 bits per heavy atom. The van der Waals surface area contributed by atoms with E-state index in [1.54, 1.807) is 18.2 Å². The minimum atomic E-state index is -0.457. The van der Waals surface area contributed by atoms with Crippen molar-refractivity contribution in [2.45, 2.75) is 12.6 Å². The number of carbonyl (C=O) groups excluding carboxylic acids is 1. The highest BCUT2D eigenvalue weighted by molar-refractivity contribution is 9.10. The number of nitrogens with one attached hydrogen (secondary N) is 1. The quantitative estimate of drug-likeness (QED) is 0.606. The Balaban J connectivity index is 1.55. The van der Waals surface area contributed by atoms with Crippen LogP contribution in [0.4, 0.5) is 0 Å². The number of aromatic nitrogens is 2. The Bertz CT molecular complexity index is 1100. The van der Waals surface area contributed by atoms with E-state index < -0.39 is 5.97 Å². The van der Waals surface area contributed by atoms with E-state index in [1.807, 2.05) is 24.3 Å². The number of carbonyl (C=O) groups is 1. The molecule has 1 atom stereocenters. The lowest BCUT2D eigenvalue weighted by Gasteiger charge is -2.32. The summed E-state index contributed by atoms with van der Waals surface area (Å²) in [6, 6.07) is 12.8. The molecule has 0 aliphatic carbocycles. The maximum Gasteiger partial charge on any atom is 0.337 e. The number of benzene rings is 2. The second kappa shape index (κ2) is 8.44. The Kier molecular flexibility index (Phi) is 5.75. The summed E-state index contributed by atoms with van der Waals surface area (Å²) in [5, 5.41) is 0.441. The molecule has 1 N–H and O–H groups in total. The molecule has 1 unspecified atom stereocenters. The molecule has 2 heterocycles. The maximum absolute atomic E-state index is 12.5. The average molecular weight is 458 g/mol. The van der Waals surface area contributed by atoms with Gasteiger partial charge in [0, 0.05) is 17.6 Å². The summed E-state index contributed by atoms with van der Waals surface area (Å²) >= 11 is 3.45. The van der Waals surface area contributed by atoms with Crippen LogP contribution in [0.5, 0.6) is 0 Å². The minimum absolute atomic E-state index is 0.0324. The molecule has 1 saturated heterocycles. The zero-order chi connectivity index (χ0) is 20.4. The fourth-order valence-electron chi connectivity index (χ4n) is 3.44. The number of nitrogens with zero attached hydrogens (tertiary/aromatic N) is 2. The summed E-state index contributed by atoms with van der Waals surface area (Å²) < 4.78 is 11.7. The molecular formula is C21H20BrN3O4. The lowest BCUT2D eigenvalue weighted by Crippen LogP contribution is -2.38. The van der Waals surface area contributed by atoms with Gasteiger partial charge in [-0.25, -0.2) is 9.78 Å². The highest BCUT2D eigenvalue weighted by Gasteiger charge is 2.23. The van der Waals surface area contributed by atoms with E-state index in [-0.39, 0.29) is 11.7 Å². The van der Waals surface area contributed by atoms with Gasteiger partial charge in [-0.15, -0.1) is 0 Å². The molecule has 7 nitrogen and oxygen atoms in total. The molecule has 1 aliphatic heterocycles. The van der Waals surface area contributed by atoms with Crippen molar-refractivity contribution in [2.24, 2.45) is 0 Å². The van der Waals surface area contributed by atoms with Gasteiger partial charge in [-0.1, -0.05) is 28.1 Å². The Hall–Kier alpha value is -2.55. The van der Waals surface area contributed by atoms with Gasteiger partial charge in [0.25, 0.3) is 5.56 Å². The molecule has 0 bridgehead atoms. The van der Waals surface area contributed by atoms with Crippen LogP contribution in [0.3, 0.4) is 0 Å². The number of halogens is 1. The minimum Gasteiger partial charge on any atom is -0.465 e. The molecule has 4 rings (SSSR count). The van der Waals surface area contributed by atoms with E-state index in [1.165, 1.54) is 7.11 Å². The van der Waals surface area contributed by atoms with Crippen LogP contribution in [0.2, 0.25) is 0 Å². The molecule has 0 spiro atoms. The lowest BCUT2D eigenvalue weighted by atomic mass is 10.1. The van der Waals surface area contributed by atoms with Crippen LogP contribution >= 0.6 is 15.9 Å². The number of fused-ring (bicyclic) bond motifs is 1. The third-order valence-corrected chi connectivity index (χ3v) is 5.47. The first-order chi connectivity index (χ1) is 14.0. The molecule has 0 radical (unpaired) electrons. The number of methoxy groups -OCH3 is 1. The predicted molar refractivity (Wildman–Crippen MR) is 112 cm³/mol. The van der Waals surface area contributed by atoms with Crippen molar-refractivity contribution in [1.29, 1.82) is 0 Å². The standard InChI is InChI=1S/C21H20BrN3O4/c1-28-21(27)14-4-7-16-17(10-14)23-19(24-20(16)26)12-25-8-9-29-18(11-25)13-2-5-15(22)6-3-13/h2-7,10,18H,8-9,11-12H2,1H3,(H,23,24,26). The number of aromatic amines is 1. The first kappa shape index (κ1) is 19.8. The van der Waals surface area contributed by atoms with Crippen molar-refractivity contribution < 1.29 is 14.3 Å². The number of ether oxygens (including phenoxy) is 2. The lowest BCUT2D eigenvalue weighted by molar-refractivity contribution is -0.0336. The van der Waals surface area contributed by atoms with Crippen molar-refractivity contribution in [2.75, 3.05) is 26.8 Å². The van der Waals surface area contributed by atoms with Crippen LogP contribution < -0.4 is 5.56 Å². The summed E-state index contributed by atoms with van der Waals surface area (Å²) in [6.07, 6.45) is -0.0324. The van der Waals surface area contributed by atoms with Gasteiger partial charge in [0.2, 0.25) is 0 Å². The Morgan fingerprint density at radius 3 is 2.86 bits per heavy atom. The topological polar surface area (TPSA) is 84.5 Å². The van der Waals surface area contributed by atoms with Crippen LogP contribution in [0.25, 0.3) is 10.9 Å². The second-order valence-electron chi connectivity index (χ2n) is 6.88. The number of morpholine rings is 1. The molecule has 0 saturated carbocycles. The molecule has 1 fully saturated rings. The first-order valence-electron chi connectivity index (χ1n) is 9.24. The van der Waals surface area contributed by atoms with Crippen molar-refractivity contribution in [3.8, 4) is 0 Å². The number of rotatable bonds is 4. The largest absolute Gasteiger partial charge is 0.465 e. The molecule has 2 aromatic carbocycles. The SMILES string of the molecule is COC(=O)c1ccc2c(=O)[nH]c(CN3CCOC(c4ccc(Br)cc4)C3)nc2c1. The first-order valence-corrected chi connectivity index (χ1v) is 10.0. The van der Waals surface area contributed by atoms with Gasteiger partial charge >= 0.3 is 5.97 Å². The van der Waals surface area contributed by atoms with Crippen LogP contribution in [-0.2, 0) is 16.0 Å². The highest BCUT2D eigenvalue weighted by Crippen LogP contribution is 2.24. The molecule has 0 amide bonds. The monoisotopic (exact) mass is 457 g/mol. The molecule has 3 aromatic rings. The number of esters is 1. The Morgan fingerprint density at radius 1 is 1.31 bits per heavy atom. The van der Waals surface area contributed by atoms with Gasteiger partial charge in [-0.3, -0.25) is 9.69 Å². The normalized spacial score (nSPS) is 17.4. The van der Waals surface area contributed by atoms with Crippen LogP contribution in [0.1, 0.15) is 27.8 Å². The van der Waals surface area contributed by atoms with Gasteiger partial charge in [-0.05, 0) is 35.9 Å². The number of hydrogen-bond donors (Lipinski definition) is 1. The fourth-order valence-corrected chi connectivity index (χ4v) is 3.71. The van der Waals surface area contributed by atoms with Crippen molar-refractivity contribution in [1.82, 2.24) is 14.9 Å². The molecule has 1 aromatic heterocycles. The zero-order valence-electron chi connectivity index (χ0n) is 15.9. The summed E-state index contributed by atoms with van der Waals surface area (Å²) in [5.74, 6) is 0.0991. The third kappa shape index (κ3) is 4.39. The van der Waals surface area contributed by atoms with E-state index in [0.717, 1.165) is 16.6 Å². The van der Waals surface area contributed by atoms with Gasteiger partial charge < -0.3 is 14.5 Å². The van der Waals surface area contributed by atoms with Gasteiger partial charge in [0.15, 0.2) is 0 Å². The molecule has 29 heavy (non-hydrogen) atoms. The highest BCUT2D eigenvalue weighted by atomic mass is 79.9. The van der Waals surface area contributed by atoms with Gasteiger partial charge in [0.1, 0.15) is 5.82 Å². The van der Waals surface area contributed by atoms with Gasteiger partial charge in [-0.2, -0.15) is 0 Å². The fraction of sp³-hybridized carbons (Fsp3) is 0.286. The number of hydrogen-bond acceptors (Lipinski definition) is 6. The van der Waals surface area contributed by atoms with E-state index >= 15 is 0 Å². The van der Waals surface area contributed by atoms with Crippen molar-refractivity contribution in [3.05, 3.63) is 74.2 Å². The van der Waals surface area contributed by atoms with E-state index in [2.05, 4.69) is 30.8 Å². The number of H-pyrrole nitrogens is 1. The van der Waals surface area contributed by atoms with Crippen LogP contribution in [-0.4, -0.2) is 47.6 Å².